The molecule has 3 heterocycles. The first-order valence-electron chi connectivity index (χ1n) is 7.58. The van der Waals surface area contributed by atoms with Crippen molar-refractivity contribution in [2.45, 2.75) is 44.9 Å². The van der Waals surface area contributed by atoms with Crippen LogP contribution in [0.2, 0.25) is 0 Å². The SMILES string of the molecule is CC(C)(C)c1ccc(C(=O)N2CCCC(c3nn[nH]n3)C2)s1. The van der Waals surface area contributed by atoms with E-state index in [4.69, 9.17) is 0 Å². The number of aromatic nitrogens is 4. The van der Waals surface area contributed by atoms with E-state index in [1.165, 1.54) is 4.88 Å². The van der Waals surface area contributed by atoms with Crippen LogP contribution in [0.15, 0.2) is 12.1 Å². The molecule has 2 aromatic rings. The monoisotopic (exact) mass is 319 g/mol. The maximum atomic E-state index is 12.7. The van der Waals surface area contributed by atoms with Crippen LogP contribution >= 0.6 is 11.3 Å². The fourth-order valence-corrected chi connectivity index (χ4v) is 3.76. The van der Waals surface area contributed by atoms with Gasteiger partial charge in [-0.1, -0.05) is 26.0 Å². The summed E-state index contributed by atoms with van der Waals surface area (Å²) in [6.07, 6.45) is 1.98. The van der Waals surface area contributed by atoms with Crippen molar-refractivity contribution in [2.24, 2.45) is 0 Å². The molecule has 0 bridgehead atoms. The number of carbonyl (C=O) groups excluding carboxylic acids is 1. The molecule has 2 aromatic heterocycles. The van der Waals surface area contributed by atoms with Crippen LogP contribution < -0.4 is 0 Å². The number of rotatable bonds is 2. The van der Waals surface area contributed by atoms with Gasteiger partial charge >= 0.3 is 0 Å². The van der Waals surface area contributed by atoms with Gasteiger partial charge in [-0.05, 0) is 30.4 Å². The Bertz CT molecular complexity index is 643. The van der Waals surface area contributed by atoms with Crippen LogP contribution in [0.5, 0.6) is 0 Å². The normalized spacial score (nSPS) is 19.4. The van der Waals surface area contributed by atoms with E-state index in [1.807, 2.05) is 11.0 Å². The molecule has 0 spiro atoms. The average molecular weight is 319 g/mol. The molecule has 6 nitrogen and oxygen atoms in total. The van der Waals surface area contributed by atoms with Gasteiger partial charge in [0.25, 0.3) is 5.91 Å². The number of tetrazole rings is 1. The van der Waals surface area contributed by atoms with Crippen molar-refractivity contribution in [3.05, 3.63) is 27.7 Å². The summed E-state index contributed by atoms with van der Waals surface area (Å²) >= 11 is 1.60. The topological polar surface area (TPSA) is 74.8 Å². The molecular formula is C15H21N5OS. The zero-order valence-electron chi connectivity index (χ0n) is 13.2. The number of amides is 1. The van der Waals surface area contributed by atoms with Crippen molar-refractivity contribution in [3.8, 4) is 0 Å². The lowest BCUT2D eigenvalue weighted by atomic mass is 9.95. The molecule has 1 amide bonds. The van der Waals surface area contributed by atoms with Crippen LogP contribution in [0.1, 0.15) is 59.9 Å². The Morgan fingerprint density at radius 3 is 2.86 bits per heavy atom. The Morgan fingerprint density at radius 1 is 1.41 bits per heavy atom. The minimum Gasteiger partial charge on any atom is -0.337 e. The van der Waals surface area contributed by atoms with Crippen LogP contribution in [-0.2, 0) is 5.41 Å². The van der Waals surface area contributed by atoms with Gasteiger partial charge in [-0.2, -0.15) is 5.21 Å². The van der Waals surface area contributed by atoms with Gasteiger partial charge in [-0.15, -0.1) is 21.5 Å². The van der Waals surface area contributed by atoms with Gasteiger partial charge in [-0.3, -0.25) is 4.79 Å². The van der Waals surface area contributed by atoms with E-state index in [0.717, 1.165) is 24.3 Å². The summed E-state index contributed by atoms with van der Waals surface area (Å²) in [6.45, 7) is 7.97. The molecule has 1 fully saturated rings. The predicted molar refractivity (Wildman–Crippen MR) is 85.1 cm³/mol. The van der Waals surface area contributed by atoms with E-state index in [-0.39, 0.29) is 17.2 Å². The fraction of sp³-hybridized carbons (Fsp3) is 0.600. The second-order valence-electron chi connectivity index (χ2n) is 6.77. The fourth-order valence-electron chi connectivity index (χ4n) is 2.73. The van der Waals surface area contributed by atoms with E-state index >= 15 is 0 Å². The zero-order valence-corrected chi connectivity index (χ0v) is 14.0. The van der Waals surface area contributed by atoms with Crippen molar-refractivity contribution in [1.82, 2.24) is 25.5 Å². The number of nitrogens with one attached hydrogen (secondary N) is 1. The van der Waals surface area contributed by atoms with Crippen LogP contribution in [0.4, 0.5) is 0 Å². The highest BCUT2D eigenvalue weighted by Crippen LogP contribution is 2.31. The third-order valence-corrected chi connectivity index (χ3v) is 5.49. The van der Waals surface area contributed by atoms with E-state index < -0.39 is 0 Å². The molecule has 22 heavy (non-hydrogen) atoms. The minimum atomic E-state index is 0.0816. The number of likely N-dealkylation sites (tertiary alicyclic amines) is 1. The lowest BCUT2D eigenvalue weighted by molar-refractivity contribution is 0.0709. The zero-order chi connectivity index (χ0) is 15.7. The summed E-state index contributed by atoms with van der Waals surface area (Å²) in [5.41, 5.74) is 0.0816. The first-order chi connectivity index (χ1) is 10.4. The largest absolute Gasteiger partial charge is 0.337 e. The van der Waals surface area contributed by atoms with Crippen molar-refractivity contribution in [1.29, 1.82) is 0 Å². The smallest absolute Gasteiger partial charge is 0.263 e. The Kier molecular flexibility index (Phi) is 3.99. The van der Waals surface area contributed by atoms with Gasteiger partial charge in [0, 0.05) is 23.9 Å². The molecule has 0 aromatic carbocycles. The third kappa shape index (κ3) is 3.04. The molecule has 1 saturated heterocycles. The van der Waals surface area contributed by atoms with Crippen LogP contribution in [-0.4, -0.2) is 44.5 Å². The Morgan fingerprint density at radius 2 is 2.23 bits per heavy atom. The van der Waals surface area contributed by atoms with E-state index in [2.05, 4.69) is 47.5 Å². The highest BCUT2D eigenvalue weighted by Gasteiger charge is 2.29. The summed E-state index contributed by atoms with van der Waals surface area (Å²) < 4.78 is 0. The van der Waals surface area contributed by atoms with E-state index in [9.17, 15) is 4.79 Å². The summed E-state index contributed by atoms with van der Waals surface area (Å²) in [5.74, 6) is 1.01. The number of thiophene rings is 1. The number of hydrogen-bond acceptors (Lipinski definition) is 5. The molecule has 0 radical (unpaired) electrons. The van der Waals surface area contributed by atoms with Crippen molar-refractivity contribution in [3.63, 3.8) is 0 Å². The van der Waals surface area contributed by atoms with E-state index in [1.54, 1.807) is 11.3 Å². The number of nitrogens with zero attached hydrogens (tertiary/aromatic N) is 4. The average Bonchev–Trinajstić information content (AvgIpc) is 3.17. The minimum absolute atomic E-state index is 0.0816. The molecule has 1 atom stereocenters. The maximum Gasteiger partial charge on any atom is 0.263 e. The third-order valence-electron chi connectivity index (χ3n) is 3.99. The molecule has 1 unspecified atom stereocenters. The molecule has 0 saturated carbocycles. The van der Waals surface area contributed by atoms with Gasteiger partial charge in [-0.25, -0.2) is 0 Å². The summed E-state index contributed by atoms with van der Waals surface area (Å²) in [7, 11) is 0. The second-order valence-corrected chi connectivity index (χ2v) is 7.86. The number of aromatic amines is 1. The van der Waals surface area contributed by atoms with Crippen LogP contribution in [0, 0.1) is 0 Å². The standard InChI is InChI=1S/C15H21N5OS/c1-15(2,3)12-7-6-11(22-12)14(21)20-8-4-5-10(9-20)13-16-18-19-17-13/h6-7,10H,4-5,8-9H2,1-3H3,(H,16,17,18,19). The quantitative estimate of drug-likeness (QED) is 0.923. The lowest BCUT2D eigenvalue weighted by Crippen LogP contribution is -2.39. The molecule has 118 valence electrons. The van der Waals surface area contributed by atoms with Crippen molar-refractivity contribution >= 4 is 17.2 Å². The first-order valence-corrected chi connectivity index (χ1v) is 8.40. The summed E-state index contributed by atoms with van der Waals surface area (Å²) in [4.78, 5) is 16.7. The Balaban J connectivity index is 1.73. The molecular weight excluding hydrogens is 298 g/mol. The van der Waals surface area contributed by atoms with Gasteiger partial charge in [0.2, 0.25) is 0 Å². The molecule has 1 aliphatic heterocycles. The summed E-state index contributed by atoms with van der Waals surface area (Å²) in [5, 5.41) is 14.2. The van der Waals surface area contributed by atoms with Gasteiger partial charge in [0.1, 0.15) is 0 Å². The second kappa shape index (κ2) is 5.79. The Hall–Kier alpha value is -1.76. The highest BCUT2D eigenvalue weighted by atomic mass is 32.1. The summed E-state index contributed by atoms with van der Waals surface area (Å²) in [6, 6.07) is 4.02. The first kappa shape index (κ1) is 15.1. The number of carbonyl (C=O) groups is 1. The molecule has 3 rings (SSSR count). The number of hydrogen-bond donors (Lipinski definition) is 1. The number of H-pyrrole nitrogens is 1. The van der Waals surface area contributed by atoms with Gasteiger partial charge in [0.15, 0.2) is 5.82 Å². The van der Waals surface area contributed by atoms with Crippen LogP contribution in [0.3, 0.4) is 0 Å². The lowest BCUT2D eigenvalue weighted by Gasteiger charge is -2.31. The van der Waals surface area contributed by atoms with Gasteiger partial charge < -0.3 is 4.90 Å². The van der Waals surface area contributed by atoms with Gasteiger partial charge in [0.05, 0.1) is 4.88 Å². The van der Waals surface area contributed by atoms with Crippen LogP contribution in [0.25, 0.3) is 0 Å². The van der Waals surface area contributed by atoms with Crippen molar-refractivity contribution < 1.29 is 4.79 Å². The molecule has 0 aliphatic carbocycles. The Labute approximate surface area is 133 Å². The maximum absolute atomic E-state index is 12.7. The van der Waals surface area contributed by atoms with E-state index in [0.29, 0.717) is 12.4 Å². The van der Waals surface area contributed by atoms with Crippen molar-refractivity contribution in [2.75, 3.05) is 13.1 Å². The molecule has 1 aliphatic rings. The predicted octanol–water partition coefficient (Wildman–Crippen LogP) is 2.58. The molecule has 1 N–H and O–H groups in total. The molecule has 7 heteroatoms. The number of piperidine rings is 1. The highest BCUT2D eigenvalue weighted by molar-refractivity contribution is 7.14.